The molecule has 0 radical (unpaired) electrons. The number of benzene rings is 1. The zero-order chi connectivity index (χ0) is 18.2. The Balaban J connectivity index is 1.74. The van der Waals surface area contributed by atoms with Gasteiger partial charge in [-0.25, -0.2) is 4.79 Å². The van der Waals surface area contributed by atoms with Crippen LogP contribution in [0.15, 0.2) is 35.4 Å². The SMILES string of the molecule is CC1=C(C(=O)c2ccc(C(=O)OCC3CO3)cc2)C(=O)CC(C)(C)C1. The van der Waals surface area contributed by atoms with Crippen LogP contribution >= 0.6 is 0 Å². The second-order valence-electron chi connectivity index (χ2n) is 7.56. The first-order valence-electron chi connectivity index (χ1n) is 8.43. The van der Waals surface area contributed by atoms with Crippen molar-refractivity contribution in [2.75, 3.05) is 13.2 Å². The summed E-state index contributed by atoms with van der Waals surface area (Å²) in [5, 5.41) is 0. The van der Waals surface area contributed by atoms with Crippen molar-refractivity contribution in [1.29, 1.82) is 0 Å². The maximum absolute atomic E-state index is 12.7. The number of allylic oxidation sites excluding steroid dienone is 2. The Bertz CT molecular complexity index is 751. The Morgan fingerprint density at radius 2 is 1.76 bits per heavy atom. The molecule has 0 saturated carbocycles. The summed E-state index contributed by atoms with van der Waals surface area (Å²) in [6, 6.07) is 6.24. The van der Waals surface area contributed by atoms with E-state index in [-0.39, 0.29) is 29.7 Å². The van der Waals surface area contributed by atoms with Gasteiger partial charge in [0, 0.05) is 12.0 Å². The summed E-state index contributed by atoms with van der Waals surface area (Å²) < 4.78 is 10.1. The van der Waals surface area contributed by atoms with Gasteiger partial charge in [0.15, 0.2) is 11.6 Å². The average molecular weight is 342 g/mol. The Hall–Kier alpha value is -2.27. The normalized spacial score (nSPS) is 21.9. The van der Waals surface area contributed by atoms with Gasteiger partial charge in [0.25, 0.3) is 0 Å². The van der Waals surface area contributed by atoms with E-state index in [0.29, 0.717) is 29.7 Å². The van der Waals surface area contributed by atoms with Gasteiger partial charge in [-0.15, -0.1) is 0 Å². The fraction of sp³-hybridized carbons (Fsp3) is 0.450. The Kier molecular flexibility index (Phi) is 4.60. The number of carbonyl (C=O) groups excluding carboxylic acids is 3. The highest BCUT2D eigenvalue weighted by Gasteiger charge is 2.34. The smallest absolute Gasteiger partial charge is 0.338 e. The molecule has 0 N–H and O–H groups in total. The van der Waals surface area contributed by atoms with Crippen LogP contribution in [0.4, 0.5) is 0 Å². The van der Waals surface area contributed by atoms with Gasteiger partial charge in [-0.3, -0.25) is 9.59 Å². The van der Waals surface area contributed by atoms with Crippen molar-refractivity contribution >= 4 is 17.5 Å². The molecule has 1 aliphatic carbocycles. The van der Waals surface area contributed by atoms with Crippen LogP contribution in [0.25, 0.3) is 0 Å². The highest BCUT2D eigenvalue weighted by molar-refractivity contribution is 6.27. The van der Waals surface area contributed by atoms with Crippen LogP contribution in [0.3, 0.4) is 0 Å². The zero-order valence-corrected chi connectivity index (χ0v) is 14.8. The number of esters is 1. The molecule has 1 saturated heterocycles. The van der Waals surface area contributed by atoms with E-state index < -0.39 is 5.97 Å². The van der Waals surface area contributed by atoms with Crippen LogP contribution in [-0.2, 0) is 14.3 Å². The zero-order valence-electron chi connectivity index (χ0n) is 14.8. The molecule has 1 atom stereocenters. The van der Waals surface area contributed by atoms with Gasteiger partial charge in [0.05, 0.1) is 17.7 Å². The van der Waals surface area contributed by atoms with E-state index >= 15 is 0 Å². The molecule has 5 heteroatoms. The van der Waals surface area contributed by atoms with Crippen LogP contribution in [-0.4, -0.2) is 36.9 Å². The van der Waals surface area contributed by atoms with E-state index in [2.05, 4.69) is 0 Å². The highest BCUT2D eigenvalue weighted by atomic mass is 16.6. The van der Waals surface area contributed by atoms with Crippen molar-refractivity contribution in [3.8, 4) is 0 Å². The molecule has 1 aromatic carbocycles. The number of Topliss-reactive ketones (excluding diaryl/α,β-unsaturated/α-hetero) is 2. The summed E-state index contributed by atoms with van der Waals surface area (Å²) in [5.74, 6) is -0.823. The lowest BCUT2D eigenvalue weighted by Crippen LogP contribution is -2.28. The van der Waals surface area contributed by atoms with Gasteiger partial charge in [-0.2, -0.15) is 0 Å². The summed E-state index contributed by atoms with van der Waals surface area (Å²) in [6.07, 6.45) is 1.12. The van der Waals surface area contributed by atoms with E-state index in [1.807, 2.05) is 20.8 Å². The number of rotatable bonds is 5. The third-order valence-electron chi connectivity index (χ3n) is 4.50. The van der Waals surface area contributed by atoms with Crippen molar-refractivity contribution in [1.82, 2.24) is 0 Å². The van der Waals surface area contributed by atoms with Gasteiger partial charge >= 0.3 is 5.97 Å². The van der Waals surface area contributed by atoms with E-state index in [1.54, 1.807) is 24.3 Å². The third-order valence-corrected chi connectivity index (χ3v) is 4.50. The largest absolute Gasteiger partial charge is 0.459 e. The quantitative estimate of drug-likeness (QED) is 0.356. The number of hydrogen-bond donors (Lipinski definition) is 0. The lowest BCUT2D eigenvalue weighted by atomic mass is 9.72. The van der Waals surface area contributed by atoms with Crippen LogP contribution in [0.5, 0.6) is 0 Å². The van der Waals surface area contributed by atoms with Crippen LogP contribution in [0, 0.1) is 5.41 Å². The number of hydrogen-bond acceptors (Lipinski definition) is 5. The summed E-state index contributed by atoms with van der Waals surface area (Å²) in [7, 11) is 0. The molecule has 0 bridgehead atoms. The second kappa shape index (κ2) is 6.56. The second-order valence-corrected chi connectivity index (χ2v) is 7.56. The fourth-order valence-electron chi connectivity index (χ4n) is 3.27. The van der Waals surface area contributed by atoms with Gasteiger partial charge in [0.2, 0.25) is 0 Å². The first kappa shape index (κ1) is 17.5. The van der Waals surface area contributed by atoms with E-state index in [1.165, 1.54) is 0 Å². The third kappa shape index (κ3) is 4.04. The van der Waals surface area contributed by atoms with E-state index in [4.69, 9.17) is 9.47 Å². The minimum atomic E-state index is -0.444. The molecule has 1 fully saturated rings. The molecular weight excluding hydrogens is 320 g/mol. The predicted molar refractivity (Wildman–Crippen MR) is 91.5 cm³/mol. The Morgan fingerprint density at radius 3 is 2.32 bits per heavy atom. The van der Waals surface area contributed by atoms with E-state index in [0.717, 1.165) is 12.0 Å². The van der Waals surface area contributed by atoms with E-state index in [9.17, 15) is 14.4 Å². The predicted octanol–water partition coefficient (Wildman–Crippen LogP) is 3.13. The van der Waals surface area contributed by atoms with Crippen molar-refractivity contribution in [2.45, 2.75) is 39.7 Å². The topological polar surface area (TPSA) is 73.0 Å². The molecule has 25 heavy (non-hydrogen) atoms. The Labute approximate surface area is 147 Å². The number of ketones is 2. The average Bonchev–Trinajstić information content (AvgIpc) is 3.35. The molecule has 132 valence electrons. The molecular formula is C20H22O5. The fourth-order valence-corrected chi connectivity index (χ4v) is 3.27. The monoisotopic (exact) mass is 342 g/mol. The van der Waals surface area contributed by atoms with Crippen molar-refractivity contribution < 1.29 is 23.9 Å². The molecule has 1 aromatic rings. The molecule has 1 aliphatic heterocycles. The van der Waals surface area contributed by atoms with Crippen molar-refractivity contribution in [3.05, 3.63) is 46.5 Å². The minimum Gasteiger partial charge on any atom is -0.459 e. The van der Waals surface area contributed by atoms with Crippen molar-refractivity contribution in [3.63, 3.8) is 0 Å². The summed E-state index contributed by atoms with van der Waals surface area (Å²) in [6.45, 7) is 6.78. The molecule has 1 heterocycles. The van der Waals surface area contributed by atoms with Gasteiger partial charge in [-0.1, -0.05) is 31.6 Å². The van der Waals surface area contributed by atoms with Crippen LogP contribution in [0.2, 0.25) is 0 Å². The molecule has 2 aliphatic rings. The van der Waals surface area contributed by atoms with Gasteiger partial charge < -0.3 is 9.47 Å². The van der Waals surface area contributed by atoms with Crippen LogP contribution in [0.1, 0.15) is 54.3 Å². The summed E-state index contributed by atoms with van der Waals surface area (Å²) in [5.41, 5.74) is 1.80. The molecule has 5 nitrogen and oxygen atoms in total. The maximum Gasteiger partial charge on any atom is 0.338 e. The maximum atomic E-state index is 12.7. The minimum absolute atomic E-state index is 0.0151. The molecule has 1 unspecified atom stereocenters. The molecule has 3 rings (SSSR count). The first-order chi connectivity index (χ1) is 11.8. The number of epoxide rings is 1. The first-order valence-corrected chi connectivity index (χ1v) is 8.43. The molecule has 0 amide bonds. The standard InChI is InChI=1S/C20H22O5/c1-12-8-20(2,3)9-16(21)17(12)18(22)13-4-6-14(7-5-13)19(23)25-11-15-10-24-15/h4-7,15H,8-11H2,1-3H3. The Morgan fingerprint density at radius 1 is 1.16 bits per heavy atom. The molecule has 0 spiro atoms. The lowest BCUT2D eigenvalue weighted by Gasteiger charge is -2.30. The van der Waals surface area contributed by atoms with Crippen molar-refractivity contribution in [2.24, 2.45) is 5.41 Å². The van der Waals surface area contributed by atoms with Gasteiger partial charge in [-0.05, 0) is 30.9 Å². The number of ether oxygens (including phenoxy) is 2. The van der Waals surface area contributed by atoms with Crippen LogP contribution < -0.4 is 0 Å². The number of carbonyl (C=O) groups is 3. The van der Waals surface area contributed by atoms with Gasteiger partial charge in [0.1, 0.15) is 12.7 Å². The summed E-state index contributed by atoms with van der Waals surface area (Å²) in [4.78, 5) is 37.0. The highest BCUT2D eigenvalue weighted by Crippen LogP contribution is 2.37. The molecule has 0 aromatic heterocycles. The summed E-state index contributed by atoms with van der Waals surface area (Å²) >= 11 is 0. The lowest BCUT2D eigenvalue weighted by molar-refractivity contribution is -0.117.